The van der Waals surface area contributed by atoms with Crippen LogP contribution in [0.3, 0.4) is 0 Å². The van der Waals surface area contributed by atoms with E-state index in [2.05, 4.69) is 10.5 Å². The Labute approximate surface area is 149 Å². The second kappa shape index (κ2) is 8.70. The van der Waals surface area contributed by atoms with Crippen molar-refractivity contribution in [1.82, 2.24) is 5.43 Å². The van der Waals surface area contributed by atoms with Crippen LogP contribution < -0.4 is 20.6 Å². The van der Waals surface area contributed by atoms with Crippen molar-refractivity contribution in [2.24, 2.45) is 10.8 Å². The van der Waals surface area contributed by atoms with Crippen molar-refractivity contribution in [2.75, 3.05) is 13.7 Å². The van der Waals surface area contributed by atoms with E-state index in [1.165, 1.54) is 13.3 Å². The molecule has 2 aromatic rings. The van der Waals surface area contributed by atoms with Gasteiger partial charge in [-0.2, -0.15) is 5.10 Å². The van der Waals surface area contributed by atoms with E-state index in [1.54, 1.807) is 42.5 Å². The van der Waals surface area contributed by atoms with Crippen LogP contribution in [0.15, 0.2) is 47.6 Å². The molecule has 0 heterocycles. The molecule has 0 spiro atoms. The van der Waals surface area contributed by atoms with Crippen LogP contribution in [0.25, 0.3) is 0 Å². The van der Waals surface area contributed by atoms with Crippen molar-refractivity contribution in [3.05, 3.63) is 58.6 Å². The number of nitrogens with zero attached hydrogens (tertiary/aromatic N) is 1. The van der Waals surface area contributed by atoms with Crippen LogP contribution in [0.2, 0.25) is 5.02 Å². The molecular formula is C17H16ClN3O4. The number of rotatable bonds is 7. The quantitative estimate of drug-likeness (QED) is 0.581. The van der Waals surface area contributed by atoms with Gasteiger partial charge in [-0.15, -0.1) is 0 Å². The Morgan fingerprint density at radius 1 is 1.28 bits per heavy atom. The topological polar surface area (TPSA) is 103 Å². The summed E-state index contributed by atoms with van der Waals surface area (Å²) < 4.78 is 10.2. The number of nitrogens with two attached hydrogens (primary N) is 1. The van der Waals surface area contributed by atoms with E-state index in [1.807, 2.05) is 0 Å². The van der Waals surface area contributed by atoms with Crippen LogP contribution in [0.1, 0.15) is 15.9 Å². The third-order valence-corrected chi connectivity index (χ3v) is 3.33. The van der Waals surface area contributed by atoms with Crippen molar-refractivity contribution < 1.29 is 19.1 Å². The Morgan fingerprint density at radius 2 is 2.08 bits per heavy atom. The molecular weight excluding hydrogens is 346 g/mol. The van der Waals surface area contributed by atoms with E-state index < -0.39 is 5.91 Å². The lowest BCUT2D eigenvalue weighted by Gasteiger charge is -2.06. The van der Waals surface area contributed by atoms with Crippen molar-refractivity contribution in [3.8, 4) is 11.5 Å². The van der Waals surface area contributed by atoms with Gasteiger partial charge in [-0.25, -0.2) is 5.43 Å². The molecule has 0 aromatic heterocycles. The SMILES string of the molecule is COc1cccc(C(=O)N/N=C/c2ccc(OCC(N)=O)c(Cl)c2)c1. The highest BCUT2D eigenvalue weighted by Crippen LogP contribution is 2.24. The van der Waals surface area contributed by atoms with Gasteiger partial charge in [0.05, 0.1) is 18.3 Å². The number of amides is 2. The molecule has 2 aromatic carbocycles. The number of halogens is 1. The maximum absolute atomic E-state index is 12.0. The molecule has 2 rings (SSSR count). The first-order chi connectivity index (χ1) is 12.0. The van der Waals surface area contributed by atoms with Gasteiger partial charge in [0.1, 0.15) is 11.5 Å². The summed E-state index contributed by atoms with van der Waals surface area (Å²) in [7, 11) is 1.52. The molecule has 25 heavy (non-hydrogen) atoms. The molecule has 7 nitrogen and oxygen atoms in total. The molecule has 2 amide bonds. The molecule has 130 valence electrons. The van der Waals surface area contributed by atoms with Gasteiger partial charge in [-0.05, 0) is 42.0 Å². The Kier molecular flexibility index (Phi) is 6.36. The third-order valence-electron chi connectivity index (χ3n) is 3.04. The minimum Gasteiger partial charge on any atom is -0.497 e. The number of nitrogens with one attached hydrogen (secondary N) is 1. The van der Waals surface area contributed by atoms with Crippen LogP contribution in [-0.4, -0.2) is 31.7 Å². The number of hydrazone groups is 1. The summed E-state index contributed by atoms with van der Waals surface area (Å²) in [5.41, 5.74) is 8.48. The maximum Gasteiger partial charge on any atom is 0.271 e. The van der Waals surface area contributed by atoms with E-state index in [0.29, 0.717) is 27.6 Å². The Balaban J connectivity index is 1.98. The van der Waals surface area contributed by atoms with E-state index in [9.17, 15) is 9.59 Å². The zero-order valence-corrected chi connectivity index (χ0v) is 14.1. The van der Waals surface area contributed by atoms with Gasteiger partial charge in [0.25, 0.3) is 11.8 Å². The molecule has 0 bridgehead atoms. The number of hydrogen-bond donors (Lipinski definition) is 2. The molecule has 0 saturated heterocycles. The predicted molar refractivity (Wildman–Crippen MR) is 94.2 cm³/mol. The van der Waals surface area contributed by atoms with Crippen molar-refractivity contribution >= 4 is 29.6 Å². The van der Waals surface area contributed by atoms with Gasteiger partial charge in [-0.3, -0.25) is 9.59 Å². The minimum absolute atomic E-state index is 0.260. The highest BCUT2D eigenvalue weighted by Gasteiger charge is 2.06. The molecule has 0 atom stereocenters. The maximum atomic E-state index is 12.0. The highest BCUT2D eigenvalue weighted by atomic mass is 35.5. The first-order valence-corrected chi connectivity index (χ1v) is 7.55. The van der Waals surface area contributed by atoms with Crippen molar-refractivity contribution in [2.45, 2.75) is 0 Å². The average molecular weight is 362 g/mol. The largest absolute Gasteiger partial charge is 0.497 e. The molecule has 0 saturated carbocycles. The monoisotopic (exact) mass is 361 g/mol. The number of benzene rings is 2. The zero-order valence-electron chi connectivity index (χ0n) is 13.4. The average Bonchev–Trinajstić information content (AvgIpc) is 2.60. The summed E-state index contributed by atoms with van der Waals surface area (Å²) in [5, 5.41) is 4.18. The molecule has 0 fully saturated rings. The van der Waals surface area contributed by atoms with Gasteiger partial charge in [0.15, 0.2) is 6.61 Å². The second-order valence-corrected chi connectivity index (χ2v) is 5.28. The van der Waals surface area contributed by atoms with Gasteiger partial charge < -0.3 is 15.2 Å². The fourth-order valence-electron chi connectivity index (χ4n) is 1.86. The fraction of sp³-hybridized carbons (Fsp3) is 0.118. The summed E-state index contributed by atoms with van der Waals surface area (Å²) in [5.74, 6) is -0.0578. The molecule has 8 heteroatoms. The Hall–Kier alpha value is -3.06. The summed E-state index contributed by atoms with van der Waals surface area (Å²) in [6.45, 7) is -0.260. The third kappa shape index (κ3) is 5.50. The van der Waals surface area contributed by atoms with Crippen molar-refractivity contribution in [1.29, 1.82) is 0 Å². The lowest BCUT2D eigenvalue weighted by molar-refractivity contribution is -0.119. The normalized spacial score (nSPS) is 10.5. The van der Waals surface area contributed by atoms with E-state index in [0.717, 1.165) is 0 Å². The predicted octanol–water partition coefficient (Wildman–Crippen LogP) is 1.98. The fourth-order valence-corrected chi connectivity index (χ4v) is 2.10. The Bertz CT molecular complexity index is 808. The molecule has 3 N–H and O–H groups in total. The van der Waals surface area contributed by atoms with E-state index >= 15 is 0 Å². The second-order valence-electron chi connectivity index (χ2n) is 4.88. The van der Waals surface area contributed by atoms with E-state index in [-0.39, 0.29) is 12.5 Å². The molecule has 0 aliphatic rings. The van der Waals surface area contributed by atoms with Gasteiger partial charge in [0, 0.05) is 5.56 Å². The number of carbonyl (C=O) groups excluding carboxylic acids is 2. The van der Waals surface area contributed by atoms with Gasteiger partial charge in [0.2, 0.25) is 0 Å². The molecule has 0 aliphatic heterocycles. The summed E-state index contributed by atoms with van der Waals surface area (Å²) in [4.78, 5) is 22.7. The van der Waals surface area contributed by atoms with E-state index in [4.69, 9.17) is 26.8 Å². The Morgan fingerprint density at radius 3 is 2.76 bits per heavy atom. The number of ether oxygens (including phenoxy) is 2. The minimum atomic E-state index is -0.595. The first kappa shape index (κ1) is 18.3. The van der Waals surface area contributed by atoms with Crippen LogP contribution in [0, 0.1) is 0 Å². The number of hydrogen-bond acceptors (Lipinski definition) is 5. The van der Waals surface area contributed by atoms with Gasteiger partial charge >= 0.3 is 0 Å². The summed E-state index contributed by atoms with van der Waals surface area (Å²) in [6, 6.07) is 11.5. The molecule has 0 aliphatic carbocycles. The summed E-state index contributed by atoms with van der Waals surface area (Å²) in [6.07, 6.45) is 1.43. The lowest BCUT2D eigenvalue weighted by atomic mass is 10.2. The van der Waals surface area contributed by atoms with Crippen LogP contribution in [0.4, 0.5) is 0 Å². The molecule has 0 radical (unpaired) electrons. The zero-order chi connectivity index (χ0) is 18.2. The van der Waals surface area contributed by atoms with Gasteiger partial charge in [-0.1, -0.05) is 17.7 Å². The lowest BCUT2D eigenvalue weighted by Crippen LogP contribution is -2.20. The summed E-state index contributed by atoms with van der Waals surface area (Å²) >= 11 is 6.04. The number of primary amides is 1. The number of methoxy groups -OCH3 is 1. The standard InChI is InChI=1S/C17H16ClN3O4/c1-24-13-4-2-3-12(8-13)17(23)21-20-9-11-5-6-15(14(18)7-11)25-10-16(19)22/h2-9H,10H2,1H3,(H2,19,22)(H,21,23)/b20-9+. The van der Waals surface area contributed by atoms with Crippen LogP contribution >= 0.6 is 11.6 Å². The van der Waals surface area contributed by atoms with Crippen molar-refractivity contribution in [3.63, 3.8) is 0 Å². The highest BCUT2D eigenvalue weighted by molar-refractivity contribution is 6.32. The molecule has 0 unspecified atom stereocenters. The van der Waals surface area contributed by atoms with Crippen LogP contribution in [-0.2, 0) is 4.79 Å². The smallest absolute Gasteiger partial charge is 0.271 e. The number of carbonyl (C=O) groups is 2. The first-order valence-electron chi connectivity index (χ1n) is 7.17. The van der Waals surface area contributed by atoms with Crippen LogP contribution in [0.5, 0.6) is 11.5 Å².